The molecule has 0 spiro atoms. The molecule has 0 aliphatic heterocycles. The molecule has 0 radical (unpaired) electrons. The number of hydrogen-bond acceptors (Lipinski definition) is 5. The molecule has 28 heavy (non-hydrogen) atoms. The zero-order valence-electron chi connectivity index (χ0n) is 15.1. The second-order valence-electron chi connectivity index (χ2n) is 6.00. The maximum Gasteiger partial charge on any atom is 0.269 e. The molecule has 0 amide bonds. The molecule has 0 aromatic heterocycles. The minimum absolute atomic E-state index is 0.00396. The van der Waals surface area contributed by atoms with Gasteiger partial charge in [0.2, 0.25) is 5.78 Å². The van der Waals surface area contributed by atoms with Gasteiger partial charge in [-0.15, -0.1) is 5.10 Å². The number of hydrogen-bond donors (Lipinski definition) is 0. The van der Waals surface area contributed by atoms with Crippen molar-refractivity contribution in [2.24, 2.45) is 10.2 Å². The first kappa shape index (κ1) is 18.8. The number of carbonyl (C=O) groups excluding carboxylic acids is 1. The molecule has 0 bridgehead atoms. The summed E-state index contributed by atoms with van der Waals surface area (Å²) in [6, 6.07) is 24.0. The van der Waals surface area contributed by atoms with Crippen molar-refractivity contribution in [1.29, 1.82) is 0 Å². The van der Waals surface area contributed by atoms with Gasteiger partial charge in [0.25, 0.3) is 5.69 Å². The third-order valence-corrected chi connectivity index (χ3v) is 4.09. The van der Waals surface area contributed by atoms with Crippen LogP contribution in [0.2, 0.25) is 0 Å². The molecule has 6 heteroatoms. The first-order chi connectivity index (χ1) is 13.6. The number of ketones is 1. The Labute approximate surface area is 162 Å². The molecule has 0 atom stereocenters. The Morgan fingerprint density at radius 2 is 1.29 bits per heavy atom. The van der Waals surface area contributed by atoms with Crippen molar-refractivity contribution in [3.05, 3.63) is 112 Å². The number of rotatable bonds is 6. The van der Waals surface area contributed by atoms with E-state index in [0.29, 0.717) is 22.4 Å². The van der Waals surface area contributed by atoms with Gasteiger partial charge in [-0.3, -0.25) is 14.9 Å². The summed E-state index contributed by atoms with van der Waals surface area (Å²) in [7, 11) is 0. The summed E-state index contributed by atoms with van der Waals surface area (Å²) in [6.07, 6.45) is 0. The van der Waals surface area contributed by atoms with Crippen LogP contribution >= 0.6 is 0 Å². The molecule has 3 rings (SSSR count). The smallest absolute Gasteiger partial charge is 0.269 e. The number of Topliss-reactive ketones (excluding diaryl/α,β-unsaturated/α-hetero) is 1. The Bertz CT molecular complexity index is 1040. The molecule has 0 heterocycles. The van der Waals surface area contributed by atoms with Gasteiger partial charge in [-0.1, -0.05) is 60.7 Å². The van der Waals surface area contributed by atoms with Crippen LogP contribution in [0.15, 0.2) is 95.1 Å². The number of nitro groups is 1. The molecule has 3 aromatic rings. The SMILES string of the molecule is CC(=NN=C(C(=O)c1ccccc1)c1ccccc1)c1ccc([N+](=O)[O-])cc1. The minimum Gasteiger partial charge on any atom is -0.287 e. The van der Waals surface area contributed by atoms with Gasteiger partial charge in [0.05, 0.1) is 10.6 Å². The zero-order chi connectivity index (χ0) is 19.9. The summed E-state index contributed by atoms with van der Waals surface area (Å²) >= 11 is 0. The van der Waals surface area contributed by atoms with Gasteiger partial charge in [0.1, 0.15) is 5.71 Å². The number of nitrogens with zero attached hydrogens (tertiary/aromatic N) is 3. The van der Waals surface area contributed by atoms with E-state index in [2.05, 4.69) is 10.2 Å². The maximum absolute atomic E-state index is 12.9. The normalized spacial score (nSPS) is 11.9. The van der Waals surface area contributed by atoms with Gasteiger partial charge < -0.3 is 0 Å². The third kappa shape index (κ3) is 4.42. The molecular formula is C22H17N3O3. The van der Waals surface area contributed by atoms with Gasteiger partial charge in [-0.05, 0) is 24.6 Å². The topological polar surface area (TPSA) is 84.9 Å². The summed E-state index contributed by atoms with van der Waals surface area (Å²) in [6.45, 7) is 1.74. The minimum atomic E-state index is -0.458. The standard InChI is InChI=1S/C22H17N3O3/c1-16(17-12-14-20(15-13-17)25(27)28)23-24-21(18-8-4-2-5-9-18)22(26)19-10-6-3-7-11-19/h2-15H,1H3. The van der Waals surface area contributed by atoms with Crippen LogP contribution in [0.1, 0.15) is 28.4 Å². The molecule has 0 unspecified atom stereocenters. The highest BCUT2D eigenvalue weighted by atomic mass is 16.6. The van der Waals surface area contributed by atoms with E-state index in [1.165, 1.54) is 12.1 Å². The second kappa shape index (κ2) is 8.64. The second-order valence-corrected chi connectivity index (χ2v) is 6.00. The molecule has 6 nitrogen and oxygen atoms in total. The largest absolute Gasteiger partial charge is 0.287 e. The van der Waals surface area contributed by atoms with Crippen LogP contribution in [0.4, 0.5) is 5.69 Å². The lowest BCUT2D eigenvalue weighted by molar-refractivity contribution is -0.384. The zero-order valence-corrected chi connectivity index (χ0v) is 15.1. The Morgan fingerprint density at radius 1 is 0.750 bits per heavy atom. The fraction of sp³-hybridized carbons (Fsp3) is 0.0455. The number of non-ortho nitro benzene ring substituents is 1. The molecule has 0 aliphatic carbocycles. The van der Waals surface area contributed by atoms with Crippen LogP contribution in [0.3, 0.4) is 0 Å². The first-order valence-corrected chi connectivity index (χ1v) is 8.58. The third-order valence-electron chi connectivity index (χ3n) is 4.09. The summed E-state index contributed by atoms with van der Waals surface area (Å²) in [4.78, 5) is 23.3. The van der Waals surface area contributed by atoms with E-state index in [-0.39, 0.29) is 17.2 Å². The highest BCUT2D eigenvalue weighted by Gasteiger charge is 2.16. The van der Waals surface area contributed by atoms with Gasteiger partial charge in [-0.2, -0.15) is 5.10 Å². The van der Waals surface area contributed by atoms with E-state index >= 15 is 0 Å². The first-order valence-electron chi connectivity index (χ1n) is 8.58. The van der Waals surface area contributed by atoms with Gasteiger partial charge in [0.15, 0.2) is 0 Å². The molecule has 0 aliphatic rings. The summed E-state index contributed by atoms with van der Waals surface area (Å²) in [5.74, 6) is -0.230. The van der Waals surface area contributed by atoms with E-state index in [9.17, 15) is 14.9 Å². The fourth-order valence-electron chi connectivity index (χ4n) is 2.56. The Morgan fingerprint density at radius 3 is 1.82 bits per heavy atom. The van der Waals surface area contributed by atoms with Gasteiger partial charge >= 0.3 is 0 Å². The van der Waals surface area contributed by atoms with Crippen molar-refractivity contribution >= 4 is 22.9 Å². The van der Waals surface area contributed by atoms with Gasteiger partial charge in [0, 0.05) is 23.3 Å². The van der Waals surface area contributed by atoms with E-state index in [4.69, 9.17) is 0 Å². The van der Waals surface area contributed by atoms with Crippen LogP contribution in [0.5, 0.6) is 0 Å². The van der Waals surface area contributed by atoms with Gasteiger partial charge in [-0.25, -0.2) is 0 Å². The summed E-state index contributed by atoms with van der Waals surface area (Å²) in [5, 5.41) is 19.2. The molecule has 0 fully saturated rings. The average molecular weight is 371 g/mol. The average Bonchev–Trinajstić information content (AvgIpc) is 2.75. The summed E-state index contributed by atoms with van der Waals surface area (Å²) < 4.78 is 0. The van der Waals surface area contributed by atoms with Crippen molar-refractivity contribution < 1.29 is 9.72 Å². The Balaban J connectivity index is 1.97. The lowest BCUT2D eigenvalue weighted by atomic mass is 10.0. The monoisotopic (exact) mass is 371 g/mol. The number of nitro benzene ring substituents is 1. The van der Waals surface area contributed by atoms with Crippen LogP contribution in [-0.4, -0.2) is 22.1 Å². The predicted octanol–water partition coefficient (Wildman–Crippen LogP) is 4.69. The Hall–Kier alpha value is -3.93. The van der Waals surface area contributed by atoms with Crippen LogP contribution in [0, 0.1) is 10.1 Å². The van der Waals surface area contributed by atoms with Crippen molar-refractivity contribution in [3.8, 4) is 0 Å². The Kier molecular flexibility index (Phi) is 5.81. The van der Waals surface area contributed by atoms with Crippen molar-refractivity contribution in [2.75, 3.05) is 0 Å². The molecular weight excluding hydrogens is 354 g/mol. The maximum atomic E-state index is 12.9. The molecule has 0 saturated heterocycles. The van der Waals surface area contributed by atoms with E-state index in [1.807, 2.05) is 24.3 Å². The van der Waals surface area contributed by atoms with E-state index < -0.39 is 4.92 Å². The molecule has 0 saturated carbocycles. The molecule has 3 aromatic carbocycles. The van der Waals surface area contributed by atoms with Crippen molar-refractivity contribution in [2.45, 2.75) is 6.92 Å². The van der Waals surface area contributed by atoms with Crippen LogP contribution < -0.4 is 0 Å². The predicted molar refractivity (Wildman–Crippen MR) is 109 cm³/mol. The van der Waals surface area contributed by atoms with Crippen molar-refractivity contribution in [1.82, 2.24) is 0 Å². The lowest BCUT2D eigenvalue weighted by Crippen LogP contribution is -2.15. The number of benzene rings is 3. The lowest BCUT2D eigenvalue weighted by Gasteiger charge is -2.05. The van der Waals surface area contributed by atoms with E-state index in [1.54, 1.807) is 55.5 Å². The van der Waals surface area contributed by atoms with Crippen LogP contribution in [0.25, 0.3) is 0 Å². The highest BCUT2D eigenvalue weighted by Crippen LogP contribution is 2.14. The number of carbonyl (C=O) groups is 1. The fourth-order valence-corrected chi connectivity index (χ4v) is 2.56. The highest BCUT2D eigenvalue weighted by molar-refractivity contribution is 6.51. The quantitative estimate of drug-likeness (QED) is 0.273. The molecule has 138 valence electrons. The van der Waals surface area contributed by atoms with E-state index in [0.717, 1.165) is 0 Å². The van der Waals surface area contributed by atoms with Crippen LogP contribution in [-0.2, 0) is 0 Å². The van der Waals surface area contributed by atoms with Crippen molar-refractivity contribution in [3.63, 3.8) is 0 Å². The molecule has 0 N–H and O–H groups in total. The summed E-state index contributed by atoms with van der Waals surface area (Å²) in [5.41, 5.74) is 2.65.